The fourth-order valence-corrected chi connectivity index (χ4v) is 4.66. The van der Waals surface area contributed by atoms with Crippen molar-refractivity contribution in [2.45, 2.75) is 77.6 Å². The molecule has 0 saturated carbocycles. The first-order chi connectivity index (χ1) is 14.8. The molecule has 0 atom stereocenters. The summed E-state index contributed by atoms with van der Waals surface area (Å²) in [5, 5.41) is 0. The molecule has 2 heterocycles. The van der Waals surface area contributed by atoms with Gasteiger partial charge in [0.25, 0.3) is 0 Å². The zero-order valence-corrected chi connectivity index (χ0v) is 19.3. The summed E-state index contributed by atoms with van der Waals surface area (Å²) in [6.07, 6.45) is 20.2. The van der Waals surface area contributed by atoms with E-state index in [4.69, 9.17) is 9.72 Å². The van der Waals surface area contributed by atoms with Crippen LogP contribution in [0.5, 0.6) is 5.75 Å². The van der Waals surface area contributed by atoms with E-state index >= 15 is 0 Å². The van der Waals surface area contributed by atoms with Crippen molar-refractivity contribution >= 4 is 16.3 Å². The van der Waals surface area contributed by atoms with Crippen LogP contribution in [0.1, 0.15) is 76.0 Å². The molecule has 3 aromatic rings. The SMILES string of the molecule is C=CCCCCCCOc1ccc(-c2cn3cc(CCCCCCC)sc3n2)cc1. The Hall–Kier alpha value is -2.07. The van der Waals surface area contributed by atoms with Gasteiger partial charge < -0.3 is 4.74 Å². The fourth-order valence-electron chi connectivity index (χ4n) is 3.66. The summed E-state index contributed by atoms with van der Waals surface area (Å²) in [4.78, 5) is 7.36. The lowest BCUT2D eigenvalue weighted by Crippen LogP contribution is -1.97. The minimum absolute atomic E-state index is 0.787. The van der Waals surface area contributed by atoms with Gasteiger partial charge in [-0.05, 0) is 56.4 Å². The van der Waals surface area contributed by atoms with Crippen molar-refractivity contribution in [3.63, 3.8) is 0 Å². The van der Waals surface area contributed by atoms with E-state index in [2.05, 4.69) is 54.6 Å². The van der Waals surface area contributed by atoms with E-state index in [-0.39, 0.29) is 0 Å². The van der Waals surface area contributed by atoms with Crippen LogP contribution in [0.25, 0.3) is 16.2 Å². The first-order valence-corrected chi connectivity index (χ1v) is 12.4. The lowest BCUT2D eigenvalue weighted by molar-refractivity contribution is 0.305. The number of ether oxygens (including phenoxy) is 1. The van der Waals surface area contributed by atoms with Gasteiger partial charge in [0.15, 0.2) is 4.96 Å². The van der Waals surface area contributed by atoms with Crippen molar-refractivity contribution in [1.82, 2.24) is 9.38 Å². The largest absolute Gasteiger partial charge is 0.494 e. The van der Waals surface area contributed by atoms with Crippen LogP contribution in [0.4, 0.5) is 0 Å². The number of aryl methyl sites for hydroxylation is 1. The second-order valence-electron chi connectivity index (χ2n) is 8.04. The van der Waals surface area contributed by atoms with Crippen LogP contribution in [0.15, 0.2) is 49.3 Å². The smallest absolute Gasteiger partial charge is 0.194 e. The number of aromatic nitrogens is 2. The standard InChI is InChI=1S/C26H36N2OS/c1-3-5-7-9-11-13-19-29-23-17-15-22(16-18-23)25-21-28-20-24(30-26(28)27-25)14-12-10-8-6-4-2/h3,15-18,20-21H,1,4-14,19H2,2H3. The molecule has 0 amide bonds. The summed E-state index contributed by atoms with van der Waals surface area (Å²) in [5.74, 6) is 0.941. The van der Waals surface area contributed by atoms with Gasteiger partial charge in [0.1, 0.15) is 5.75 Å². The zero-order chi connectivity index (χ0) is 21.0. The second kappa shape index (κ2) is 12.6. The number of nitrogens with zero attached hydrogens (tertiary/aromatic N) is 2. The van der Waals surface area contributed by atoms with E-state index in [9.17, 15) is 0 Å². The monoisotopic (exact) mass is 424 g/mol. The molecule has 3 nitrogen and oxygen atoms in total. The van der Waals surface area contributed by atoms with Gasteiger partial charge in [-0.3, -0.25) is 4.40 Å². The Kier molecular flexibility index (Phi) is 9.49. The fraction of sp³-hybridized carbons (Fsp3) is 0.500. The number of fused-ring (bicyclic) bond motifs is 1. The quantitative estimate of drug-likeness (QED) is 0.182. The van der Waals surface area contributed by atoms with Crippen LogP contribution in [0.3, 0.4) is 0 Å². The Bertz CT molecular complexity index is 847. The van der Waals surface area contributed by atoms with Crippen LogP contribution in [-0.2, 0) is 6.42 Å². The van der Waals surface area contributed by atoms with Gasteiger partial charge in [0, 0.05) is 22.8 Å². The highest BCUT2D eigenvalue weighted by Gasteiger charge is 2.08. The van der Waals surface area contributed by atoms with Crippen molar-refractivity contribution in [3.05, 3.63) is 54.2 Å². The highest BCUT2D eigenvalue weighted by atomic mass is 32.1. The van der Waals surface area contributed by atoms with Crippen molar-refractivity contribution < 1.29 is 4.74 Å². The van der Waals surface area contributed by atoms with E-state index < -0.39 is 0 Å². The minimum Gasteiger partial charge on any atom is -0.494 e. The number of rotatable bonds is 15. The number of allylic oxidation sites excluding steroid dienone is 1. The molecular weight excluding hydrogens is 388 g/mol. The number of benzene rings is 1. The first kappa shape index (κ1) is 22.6. The average Bonchev–Trinajstić information content (AvgIpc) is 3.32. The summed E-state index contributed by atoms with van der Waals surface area (Å²) >= 11 is 1.82. The van der Waals surface area contributed by atoms with E-state index in [0.29, 0.717) is 0 Å². The van der Waals surface area contributed by atoms with Crippen molar-refractivity contribution in [1.29, 1.82) is 0 Å². The summed E-state index contributed by atoms with van der Waals surface area (Å²) in [7, 11) is 0. The van der Waals surface area contributed by atoms with Crippen LogP contribution in [-0.4, -0.2) is 16.0 Å². The molecule has 0 saturated heterocycles. The highest BCUT2D eigenvalue weighted by Crippen LogP contribution is 2.26. The molecule has 0 unspecified atom stereocenters. The third-order valence-electron chi connectivity index (χ3n) is 5.45. The molecule has 2 aromatic heterocycles. The lowest BCUT2D eigenvalue weighted by atomic mass is 10.1. The number of hydrogen-bond donors (Lipinski definition) is 0. The maximum absolute atomic E-state index is 5.88. The molecule has 1 aromatic carbocycles. The lowest BCUT2D eigenvalue weighted by Gasteiger charge is -2.06. The van der Waals surface area contributed by atoms with Gasteiger partial charge in [-0.1, -0.05) is 51.5 Å². The van der Waals surface area contributed by atoms with Crippen LogP contribution < -0.4 is 4.74 Å². The number of imidazole rings is 1. The molecule has 3 rings (SSSR count). The molecular formula is C26H36N2OS. The highest BCUT2D eigenvalue weighted by molar-refractivity contribution is 7.17. The Morgan fingerprint density at radius 1 is 0.967 bits per heavy atom. The number of hydrogen-bond acceptors (Lipinski definition) is 3. The van der Waals surface area contributed by atoms with Crippen LogP contribution in [0, 0.1) is 0 Å². The minimum atomic E-state index is 0.787. The molecule has 0 aliphatic rings. The molecule has 0 aliphatic heterocycles. The van der Waals surface area contributed by atoms with Crippen LogP contribution in [0.2, 0.25) is 0 Å². The third-order valence-corrected chi connectivity index (χ3v) is 6.51. The molecule has 0 spiro atoms. The summed E-state index contributed by atoms with van der Waals surface area (Å²) in [6, 6.07) is 8.34. The Morgan fingerprint density at radius 2 is 1.73 bits per heavy atom. The maximum atomic E-state index is 5.88. The summed E-state index contributed by atoms with van der Waals surface area (Å²) in [6.45, 7) is 6.82. The van der Waals surface area contributed by atoms with E-state index in [1.807, 2.05) is 17.4 Å². The van der Waals surface area contributed by atoms with E-state index in [0.717, 1.165) is 41.4 Å². The first-order valence-electron chi connectivity index (χ1n) is 11.6. The van der Waals surface area contributed by atoms with Gasteiger partial charge in [-0.15, -0.1) is 17.9 Å². The molecule has 0 bridgehead atoms. The molecule has 0 N–H and O–H groups in total. The molecule has 30 heavy (non-hydrogen) atoms. The summed E-state index contributed by atoms with van der Waals surface area (Å²) < 4.78 is 8.06. The molecule has 0 fully saturated rings. The topological polar surface area (TPSA) is 26.5 Å². The predicted molar refractivity (Wildman–Crippen MR) is 130 cm³/mol. The van der Waals surface area contributed by atoms with Crippen molar-refractivity contribution in [2.24, 2.45) is 0 Å². The van der Waals surface area contributed by atoms with Gasteiger partial charge >= 0.3 is 0 Å². The second-order valence-corrected chi connectivity index (χ2v) is 9.14. The van der Waals surface area contributed by atoms with Crippen molar-refractivity contribution in [2.75, 3.05) is 6.61 Å². The Morgan fingerprint density at radius 3 is 2.50 bits per heavy atom. The summed E-state index contributed by atoms with van der Waals surface area (Å²) in [5.41, 5.74) is 2.17. The molecule has 4 heteroatoms. The number of unbranched alkanes of at least 4 members (excludes halogenated alkanes) is 8. The third kappa shape index (κ3) is 7.02. The Labute approximate surface area is 185 Å². The molecule has 0 radical (unpaired) electrons. The zero-order valence-electron chi connectivity index (χ0n) is 18.4. The van der Waals surface area contributed by atoms with Gasteiger partial charge in [-0.2, -0.15) is 0 Å². The van der Waals surface area contributed by atoms with Crippen molar-refractivity contribution in [3.8, 4) is 17.0 Å². The van der Waals surface area contributed by atoms with E-state index in [1.54, 1.807) is 0 Å². The van der Waals surface area contributed by atoms with E-state index in [1.165, 1.54) is 62.7 Å². The van der Waals surface area contributed by atoms with Gasteiger partial charge in [0.2, 0.25) is 0 Å². The van der Waals surface area contributed by atoms with Gasteiger partial charge in [0.05, 0.1) is 12.3 Å². The maximum Gasteiger partial charge on any atom is 0.194 e. The Balaban J connectivity index is 1.45. The molecule has 162 valence electrons. The number of thiazole rings is 1. The molecule has 0 aliphatic carbocycles. The normalized spacial score (nSPS) is 11.2. The van der Waals surface area contributed by atoms with Gasteiger partial charge in [-0.25, -0.2) is 4.98 Å². The average molecular weight is 425 g/mol. The predicted octanol–water partition coefficient (Wildman–Crippen LogP) is 8.09. The van der Waals surface area contributed by atoms with Crippen LogP contribution >= 0.6 is 11.3 Å².